The maximum absolute atomic E-state index is 4.48. The van der Waals surface area contributed by atoms with E-state index < -0.39 is 0 Å². The maximum atomic E-state index is 4.48. The Hall–Kier alpha value is -1.43. The molecule has 1 atom stereocenters. The highest BCUT2D eigenvalue weighted by Crippen LogP contribution is 2.14. The Bertz CT molecular complexity index is 608. The molecule has 2 aliphatic rings. The summed E-state index contributed by atoms with van der Waals surface area (Å²) in [6, 6.07) is 9.17. The van der Waals surface area contributed by atoms with E-state index in [0.717, 1.165) is 24.6 Å². The van der Waals surface area contributed by atoms with Gasteiger partial charge in [0.1, 0.15) is 0 Å². The molecule has 1 N–H and O–H groups in total. The van der Waals surface area contributed by atoms with Gasteiger partial charge in [-0.25, -0.2) is 4.98 Å². The predicted octanol–water partition coefficient (Wildman–Crippen LogP) is 1.02. The Morgan fingerprint density at radius 2 is 1.95 bits per heavy atom. The number of rotatable bonds is 4. The minimum absolute atomic E-state index is 0.778. The first-order chi connectivity index (χ1) is 10.9. The standard InChI is InChI=1S/C17H25N5/c1-2-4-17-16(3-1)19-14-22(17)12-9-20-7-10-21(11-8-20)15-5-6-18-13-15/h1-4,14-15,18H,5-13H2/t15-/m1/s1. The number of aromatic nitrogens is 2. The van der Waals surface area contributed by atoms with Gasteiger partial charge in [0.25, 0.3) is 0 Å². The molecule has 2 aliphatic heterocycles. The third-order valence-electron chi connectivity index (χ3n) is 5.14. The summed E-state index contributed by atoms with van der Waals surface area (Å²) in [6.45, 7) is 9.36. The summed E-state index contributed by atoms with van der Waals surface area (Å²) in [5.41, 5.74) is 2.35. The molecule has 0 amide bonds. The second kappa shape index (κ2) is 6.36. The maximum Gasteiger partial charge on any atom is 0.0958 e. The van der Waals surface area contributed by atoms with Gasteiger partial charge in [-0.05, 0) is 25.1 Å². The number of benzene rings is 1. The summed E-state index contributed by atoms with van der Waals surface area (Å²) in [4.78, 5) is 9.74. The number of nitrogens with one attached hydrogen (secondary N) is 1. The van der Waals surface area contributed by atoms with Gasteiger partial charge in [-0.15, -0.1) is 0 Å². The van der Waals surface area contributed by atoms with Crippen molar-refractivity contribution in [2.24, 2.45) is 0 Å². The quantitative estimate of drug-likeness (QED) is 0.914. The minimum Gasteiger partial charge on any atom is -0.329 e. The van der Waals surface area contributed by atoms with Gasteiger partial charge in [-0.2, -0.15) is 0 Å². The lowest BCUT2D eigenvalue weighted by molar-refractivity contribution is 0.100. The first-order valence-corrected chi connectivity index (χ1v) is 8.47. The van der Waals surface area contributed by atoms with Crippen LogP contribution in [-0.4, -0.2) is 71.2 Å². The molecule has 0 radical (unpaired) electrons. The van der Waals surface area contributed by atoms with E-state index >= 15 is 0 Å². The molecule has 0 bridgehead atoms. The Morgan fingerprint density at radius 3 is 2.77 bits per heavy atom. The van der Waals surface area contributed by atoms with Crippen molar-refractivity contribution in [1.29, 1.82) is 0 Å². The molecule has 0 spiro atoms. The van der Waals surface area contributed by atoms with Gasteiger partial charge in [0.05, 0.1) is 17.4 Å². The van der Waals surface area contributed by atoms with Crippen molar-refractivity contribution >= 4 is 11.0 Å². The number of fused-ring (bicyclic) bond motifs is 1. The monoisotopic (exact) mass is 299 g/mol. The summed E-state index contributed by atoms with van der Waals surface area (Å²) < 4.78 is 2.28. The summed E-state index contributed by atoms with van der Waals surface area (Å²) >= 11 is 0. The molecule has 1 aromatic carbocycles. The molecule has 0 saturated carbocycles. The highest BCUT2D eigenvalue weighted by Gasteiger charge is 2.25. The van der Waals surface area contributed by atoms with Gasteiger partial charge in [0, 0.05) is 51.9 Å². The highest BCUT2D eigenvalue weighted by atomic mass is 15.3. The number of para-hydroxylation sites is 2. The van der Waals surface area contributed by atoms with Gasteiger partial charge in [-0.1, -0.05) is 12.1 Å². The molecule has 2 saturated heterocycles. The van der Waals surface area contributed by atoms with E-state index in [0.29, 0.717) is 0 Å². The van der Waals surface area contributed by atoms with Crippen molar-refractivity contribution in [2.75, 3.05) is 45.8 Å². The van der Waals surface area contributed by atoms with Crippen molar-refractivity contribution in [3.05, 3.63) is 30.6 Å². The van der Waals surface area contributed by atoms with E-state index in [1.807, 2.05) is 6.33 Å². The summed E-state index contributed by atoms with van der Waals surface area (Å²) in [5, 5.41) is 3.48. The third kappa shape index (κ3) is 2.89. The largest absolute Gasteiger partial charge is 0.329 e. The van der Waals surface area contributed by atoms with E-state index in [4.69, 9.17) is 0 Å². The smallest absolute Gasteiger partial charge is 0.0958 e. The van der Waals surface area contributed by atoms with Crippen LogP contribution in [0.3, 0.4) is 0 Å². The van der Waals surface area contributed by atoms with Crippen LogP contribution >= 0.6 is 0 Å². The Morgan fingerprint density at radius 1 is 1.09 bits per heavy atom. The molecule has 1 aromatic heterocycles. The van der Waals surface area contributed by atoms with Crippen molar-refractivity contribution in [2.45, 2.75) is 19.0 Å². The second-order valence-electron chi connectivity index (χ2n) is 6.45. The zero-order valence-electron chi connectivity index (χ0n) is 13.1. The number of hydrogen-bond acceptors (Lipinski definition) is 4. The van der Waals surface area contributed by atoms with Crippen LogP contribution in [0, 0.1) is 0 Å². The van der Waals surface area contributed by atoms with Crippen LogP contribution in [0.1, 0.15) is 6.42 Å². The highest BCUT2D eigenvalue weighted by molar-refractivity contribution is 5.74. The van der Waals surface area contributed by atoms with E-state index in [9.17, 15) is 0 Å². The first-order valence-electron chi connectivity index (χ1n) is 8.47. The first kappa shape index (κ1) is 14.2. The average Bonchev–Trinajstić information content (AvgIpc) is 3.23. The summed E-state index contributed by atoms with van der Waals surface area (Å²) in [7, 11) is 0. The SMILES string of the molecule is c1ccc2c(c1)ncn2CCN1CCN([C@@H]2CCNC2)CC1. The normalized spacial score (nSPS) is 24.3. The fourth-order valence-electron chi connectivity index (χ4n) is 3.74. The van der Waals surface area contributed by atoms with Crippen LogP contribution in [-0.2, 0) is 6.54 Å². The molecule has 3 heterocycles. The molecule has 5 heteroatoms. The molecule has 0 aliphatic carbocycles. The van der Waals surface area contributed by atoms with Crippen LogP contribution < -0.4 is 5.32 Å². The predicted molar refractivity (Wildman–Crippen MR) is 89.0 cm³/mol. The molecule has 5 nitrogen and oxygen atoms in total. The molecule has 22 heavy (non-hydrogen) atoms. The second-order valence-corrected chi connectivity index (χ2v) is 6.45. The van der Waals surface area contributed by atoms with Crippen LogP contribution in [0.2, 0.25) is 0 Å². The summed E-state index contributed by atoms with van der Waals surface area (Å²) in [5.74, 6) is 0. The van der Waals surface area contributed by atoms with Crippen molar-refractivity contribution in [3.63, 3.8) is 0 Å². The van der Waals surface area contributed by atoms with Crippen molar-refractivity contribution in [3.8, 4) is 0 Å². The van der Waals surface area contributed by atoms with E-state index in [1.165, 1.54) is 51.2 Å². The van der Waals surface area contributed by atoms with Gasteiger partial charge < -0.3 is 9.88 Å². The number of nitrogens with zero attached hydrogens (tertiary/aromatic N) is 4. The average molecular weight is 299 g/mol. The van der Waals surface area contributed by atoms with Gasteiger partial charge in [0.15, 0.2) is 0 Å². The third-order valence-corrected chi connectivity index (χ3v) is 5.14. The van der Waals surface area contributed by atoms with E-state index in [1.54, 1.807) is 0 Å². The molecular formula is C17H25N5. The van der Waals surface area contributed by atoms with Crippen LogP contribution in [0.15, 0.2) is 30.6 Å². The lowest BCUT2D eigenvalue weighted by Gasteiger charge is -2.37. The Labute approximate surface area is 131 Å². The van der Waals surface area contributed by atoms with Crippen molar-refractivity contribution < 1.29 is 0 Å². The zero-order valence-corrected chi connectivity index (χ0v) is 13.1. The number of piperazine rings is 1. The van der Waals surface area contributed by atoms with Crippen LogP contribution in [0.5, 0.6) is 0 Å². The Balaban J connectivity index is 1.30. The summed E-state index contributed by atoms with van der Waals surface area (Å²) in [6.07, 6.45) is 3.30. The van der Waals surface area contributed by atoms with Crippen molar-refractivity contribution in [1.82, 2.24) is 24.7 Å². The molecule has 118 valence electrons. The van der Waals surface area contributed by atoms with E-state index in [2.05, 4.69) is 48.9 Å². The van der Waals surface area contributed by atoms with Crippen LogP contribution in [0.25, 0.3) is 11.0 Å². The van der Waals surface area contributed by atoms with Gasteiger partial charge in [0.2, 0.25) is 0 Å². The molecule has 0 unspecified atom stereocenters. The fraction of sp³-hybridized carbons (Fsp3) is 0.588. The molecule has 2 fully saturated rings. The molecule has 2 aromatic rings. The lowest BCUT2D eigenvalue weighted by Crippen LogP contribution is -2.51. The molecule has 4 rings (SSSR count). The molecular weight excluding hydrogens is 274 g/mol. The fourth-order valence-corrected chi connectivity index (χ4v) is 3.74. The van der Waals surface area contributed by atoms with Gasteiger partial charge in [-0.3, -0.25) is 9.80 Å². The zero-order chi connectivity index (χ0) is 14.8. The van der Waals surface area contributed by atoms with Crippen LogP contribution in [0.4, 0.5) is 0 Å². The number of imidazole rings is 1. The topological polar surface area (TPSA) is 36.3 Å². The van der Waals surface area contributed by atoms with Gasteiger partial charge >= 0.3 is 0 Å². The Kier molecular flexibility index (Phi) is 4.10. The minimum atomic E-state index is 0.778. The lowest BCUT2D eigenvalue weighted by atomic mass is 10.2. The number of hydrogen-bond donors (Lipinski definition) is 1. The van der Waals surface area contributed by atoms with E-state index in [-0.39, 0.29) is 0 Å².